The van der Waals surface area contributed by atoms with Crippen molar-refractivity contribution in [3.63, 3.8) is 0 Å². The van der Waals surface area contributed by atoms with Crippen molar-refractivity contribution in [2.45, 2.75) is 47.0 Å². The van der Waals surface area contributed by atoms with Crippen LogP contribution in [-0.4, -0.2) is 18.5 Å². The summed E-state index contributed by atoms with van der Waals surface area (Å²) in [5.41, 5.74) is 6.32. The Morgan fingerprint density at radius 3 is 2.81 bits per heavy atom. The molecule has 1 aromatic heterocycles. The van der Waals surface area contributed by atoms with Gasteiger partial charge in [-0.3, -0.25) is 10.2 Å². The van der Waals surface area contributed by atoms with E-state index in [2.05, 4.69) is 31.6 Å². The summed E-state index contributed by atoms with van der Waals surface area (Å²) in [6.07, 6.45) is 4.28. The highest BCUT2D eigenvalue weighted by molar-refractivity contribution is 7.14. The molecule has 2 rings (SSSR count). The number of rotatable bonds is 5. The minimum atomic E-state index is -0.725. The Bertz CT molecular complexity index is 753. The third-order valence-corrected chi connectivity index (χ3v) is 5.79. The lowest BCUT2D eigenvalue weighted by molar-refractivity contribution is -0.138. The lowest BCUT2D eigenvalue weighted by atomic mass is 9.72. The molecule has 2 N–H and O–H groups in total. The van der Waals surface area contributed by atoms with E-state index in [4.69, 9.17) is 10.00 Å². The number of carbonyl (C=O) groups excluding carboxylic acids is 2. The van der Waals surface area contributed by atoms with Crippen LogP contribution in [0.1, 0.15) is 54.2 Å². The first-order valence-corrected chi connectivity index (χ1v) is 9.52. The maximum Gasteiger partial charge on any atom is 0.350 e. The summed E-state index contributed by atoms with van der Waals surface area (Å²) in [5.74, 6) is -0.394. The van der Waals surface area contributed by atoms with Crippen molar-refractivity contribution in [3.8, 4) is 6.07 Å². The molecule has 1 aliphatic carbocycles. The molecule has 1 amide bonds. The zero-order valence-electron chi connectivity index (χ0n) is 15.6. The van der Waals surface area contributed by atoms with Crippen molar-refractivity contribution in [3.05, 3.63) is 33.2 Å². The summed E-state index contributed by atoms with van der Waals surface area (Å²) in [6.45, 7) is 8.62. The topological polar surface area (TPSA) is 91.2 Å². The van der Waals surface area contributed by atoms with Crippen molar-refractivity contribution in [1.82, 2.24) is 10.9 Å². The van der Waals surface area contributed by atoms with Gasteiger partial charge in [-0.1, -0.05) is 20.8 Å². The average molecular weight is 375 g/mol. The van der Waals surface area contributed by atoms with Gasteiger partial charge < -0.3 is 10.2 Å². The van der Waals surface area contributed by atoms with E-state index < -0.39 is 5.97 Å². The molecule has 0 unspecified atom stereocenters. The van der Waals surface area contributed by atoms with Crippen LogP contribution in [0.15, 0.2) is 17.8 Å². The van der Waals surface area contributed by atoms with Crippen LogP contribution in [0.2, 0.25) is 0 Å². The largest absolute Gasteiger partial charge is 0.462 e. The van der Waals surface area contributed by atoms with E-state index >= 15 is 0 Å². The number of amides is 1. The van der Waals surface area contributed by atoms with Gasteiger partial charge in [0.2, 0.25) is 0 Å². The maximum atomic E-state index is 12.3. The van der Waals surface area contributed by atoms with Gasteiger partial charge in [-0.25, -0.2) is 4.79 Å². The predicted octanol–water partition coefficient (Wildman–Crippen LogP) is 3.10. The van der Waals surface area contributed by atoms with Crippen LogP contribution in [-0.2, 0) is 22.4 Å². The molecule has 1 heterocycles. The van der Waals surface area contributed by atoms with Crippen LogP contribution in [0.5, 0.6) is 0 Å². The quantitative estimate of drug-likeness (QED) is 0.357. The van der Waals surface area contributed by atoms with Crippen molar-refractivity contribution in [2.24, 2.45) is 11.3 Å². The monoisotopic (exact) mass is 375 g/mol. The average Bonchev–Trinajstić information content (AvgIpc) is 3.01. The third kappa shape index (κ3) is 4.85. The summed E-state index contributed by atoms with van der Waals surface area (Å²) in [4.78, 5) is 25.7. The van der Waals surface area contributed by atoms with E-state index in [0.29, 0.717) is 10.8 Å². The smallest absolute Gasteiger partial charge is 0.350 e. The SMILES string of the molecule is CCOC(=O)/C(C#N)=C/NNC(=O)c1cc2c(s1)CC[C@H](C(C)(C)C)C2. The van der Waals surface area contributed by atoms with Gasteiger partial charge in [-0.05, 0) is 49.1 Å². The van der Waals surface area contributed by atoms with Gasteiger partial charge in [0, 0.05) is 11.1 Å². The summed E-state index contributed by atoms with van der Waals surface area (Å²) in [5, 5.41) is 8.94. The molecule has 0 aliphatic heterocycles. The number of thiophene rings is 1. The van der Waals surface area contributed by atoms with E-state index in [0.717, 1.165) is 25.5 Å². The van der Waals surface area contributed by atoms with Gasteiger partial charge in [0.05, 0.1) is 11.5 Å². The maximum absolute atomic E-state index is 12.3. The first-order chi connectivity index (χ1) is 12.3. The highest BCUT2D eigenvalue weighted by atomic mass is 32.1. The normalized spacial score (nSPS) is 17.0. The van der Waals surface area contributed by atoms with Gasteiger partial charge in [-0.15, -0.1) is 11.3 Å². The van der Waals surface area contributed by atoms with Gasteiger partial charge in [0.25, 0.3) is 5.91 Å². The molecule has 1 aliphatic rings. The lowest BCUT2D eigenvalue weighted by Crippen LogP contribution is -2.33. The first-order valence-electron chi connectivity index (χ1n) is 8.71. The van der Waals surface area contributed by atoms with Crippen LogP contribution in [0, 0.1) is 22.7 Å². The second-order valence-corrected chi connectivity index (χ2v) is 8.49. The Morgan fingerprint density at radius 2 is 2.19 bits per heavy atom. The highest BCUT2D eigenvalue weighted by Crippen LogP contribution is 2.40. The predicted molar refractivity (Wildman–Crippen MR) is 100 cm³/mol. The molecule has 0 fully saturated rings. The van der Waals surface area contributed by atoms with Gasteiger partial charge in [0.1, 0.15) is 6.07 Å². The summed E-state index contributed by atoms with van der Waals surface area (Å²) >= 11 is 1.51. The number of hydrazine groups is 1. The number of nitrogens with one attached hydrogen (secondary N) is 2. The number of nitrogens with zero attached hydrogens (tertiary/aromatic N) is 1. The fourth-order valence-corrected chi connectivity index (χ4v) is 4.06. The number of carbonyl (C=O) groups is 2. The van der Waals surface area contributed by atoms with E-state index in [1.165, 1.54) is 21.8 Å². The molecular weight excluding hydrogens is 350 g/mol. The fourth-order valence-electron chi connectivity index (χ4n) is 2.96. The summed E-state index contributed by atoms with van der Waals surface area (Å²) in [7, 11) is 0. The van der Waals surface area contributed by atoms with Crippen molar-refractivity contribution in [1.29, 1.82) is 5.26 Å². The number of hydrogen-bond donors (Lipinski definition) is 2. The molecule has 140 valence electrons. The Labute approximate surface area is 158 Å². The number of aryl methyl sites for hydroxylation is 1. The minimum absolute atomic E-state index is 0.181. The molecule has 1 aromatic rings. The number of ether oxygens (including phenoxy) is 1. The number of esters is 1. The van der Waals surface area contributed by atoms with E-state index in [9.17, 15) is 9.59 Å². The summed E-state index contributed by atoms with van der Waals surface area (Å²) < 4.78 is 4.75. The van der Waals surface area contributed by atoms with E-state index in [1.54, 1.807) is 13.0 Å². The van der Waals surface area contributed by atoms with Crippen molar-refractivity contribution in [2.75, 3.05) is 6.61 Å². The van der Waals surface area contributed by atoms with Crippen LogP contribution in [0.4, 0.5) is 0 Å². The molecule has 0 saturated carbocycles. The van der Waals surface area contributed by atoms with Crippen LogP contribution < -0.4 is 10.9 Å². The van der Waals surface area contributed by atoms with Crippen LogP contribution in [0.25, 0.3) is 0 Å². The molecule has 1 atom stereocenters. The van der Waals surface area contributed by atoms with Crippen molar-refractivity contribution < 1.29 is 14.3 Å². The third-order valence-electron chi connectivity index (χ3n) is 4.55. The summed E-state index contributed by atoms with van der Waals surface area (Å²) in [6, 6.07) is 3.69. The fraction of sp³-hybridized carbons (Fsp3) is 0.526. The molecule has 26 heavy (non-hydrogen) atoms. The molecule has 0 radical (unpaired) electrons. The molecule has 0 saturated heterocycles. The standard InChI is InChI=1S/C19H25N3O3S/c1-5-25-18(24)13(10-20)11-21-22-17(23)16-9-12-8-14(19(2,3)4)6-7-15(12)26-16/h9,11,14,21H,5-8H2,1-4H3,(H,22,23)/b13-11+/t14-/m0/s1. The van der Waals surface area contributed by atoms with Gasteiger partial charge in [-0.2, -0.15) is 5.26 Å². The molecule has 0 bridgehead atoms. The van der Waals surface area contributed by atoms with Gasteiger partial charge >= 0.3 is 5.97 Å². The molecule has 6 nitrogen and oxygen atoms in total. The Balaban J connectivity index is 1.99. The van der Waals surface area contributed by atoms with Crippen LogP contribution in [0.3, 0.4) is 0 Å². The van der Waals surface area contributed by atoms with Crippen LogP contribution >= 0.6 is 11.3 Å². The van der Waals surface area contributed by atoms with Crippen molar-refractivity contribution >= 4 is 23.2 Å². The molecular formula is C19H25N3O3S. The van der Waals surface area contributed by atoms with E-state index in [1.807, 2.05) is 6.07 Å². The Hall–Kier alpha value is -2.33. The Kier molecular flexibility index (Phi) is 6.43. The molecule has 7 heteroatoms. The van der Waals surface area contributed by atoms with E-state index in [-0.39, 0.29) is 23.5 Å². The highest BCUT2D eigenvalue weighted by Gasteiger charge is 2.30. The van der Waals surface area contributed by atoms with Gasteiger partial charge in [0.15, 0.2) is 5.57 Å². The second-order valence-electron chi connectivity index (χ2n) is 7.35. The minimum Gasteiger partial charge on any atom is -0.462 e. The first kappa shape index (κ1) is 20.0. The number of fused-ring (bicyclic) bond motifs is 1. The lowest BCUT2D eigenvalue weighted by Gasteiger charge is -2.33. The zero-order valence-corrected chi connectivity index (χ0v) is 16.5. The molecule has 0 spiro atoms. The number of nitriles is 1. The molecule has 0 aromatic carbocycles. The second kappa shape index (κ2) is 8.37. The number of hydrogen-bond acceptors (Lipinski definition) is 6. The Morgan fingerprint density at radius 1 is 1.46 bits per heavy atom. The zero-order chi connectivity index (χ0) is 19.3.